The van der Waals surface area contributed by atoms with Crippen LogP contribution in [0.15, 0.2) is 24.3 Å². The van der Waals surface area contributed by atoms with Crippen molar-refractivity contribution in [3.05, 3.63) is 29.8 Å². The number of hydrogen-bond acceptors (Lipinski definition) is 4. The largest absolute Gasteiger partial charge is 0.494 e. The Labute approximate surface area is 116 Å². The van der Waals surface area contributed by atoms with E-state index in [1.165, 1.54) is 0 Å². The quantitative estimate of drug-likeness (QED) is 0.699. The van der Waals surface area contributed by atoms with Gasteiger partial charge >= 0.3 is 5.97 Å². The fraction of sp³-hybridized carbons (Fsp3) is 0.357. The molecule has 6 heteroatoms. The van der Waals surface area contributed by atoms with Crippen LogP contribution in [0, 0.1) is 0 Å². The number of carboxylic acids is 1. The van der Waals surface area contributed by atoms with Crippen LogP contribution in [0.4, 0.5) is 0 Å². The predicted octanol–water partition coefficient (Wildman–Crippen LogP) is 1.25. The molecule has 0 aliphatic rings. The number of rotatable bonds is 8. The molecule has 6 nitrogen and oxygen atoms in total. The van der Waals surface area contributed by atoms with Gasteiger partial charge in [0.25, 0.3) is 0 Å². The minimum absolute atomic E-state index is 0.0284. The van der Waals surface area contributed by atoms with Crippen molar-refractivity contribution in [2.75, 3.05) is 13.2 Å². The second-order valence-electron chi connectivity index (χ2n) is 4.05. The van der Waals surface area contributed by atoms with Crippen molar-refractivity contribution in [2.45, 2.75) is 19.8 Å². The molecule has 2 N–H and O–H groups in total. The van der Waals surface area contributed by atoms with Gasteiger partial charge in [-0.05, 0) is 31.2 Å². The van der Waals surface area contributed by atoms with Crippen molar-refractivity contribution in [3.63, 3.8) is 0 Å². The van der Waals surface area contributed by atoms with Gasteiger partial charge < -0.3 is 15.2 Å². The molecule has 1 rings (SSSR count). The fourth-order valence-corrected chi connectivity index (χ4v) is 1.54. The first-order chi connectivity index (χ1) is 9.52. The van der Waals surface area contributed by atoms with Gasteiger partial charge in [0.05, 0.1) is 6.61 Å². The number of ether oxygens (including phenoxy) is 1. The molecule has 0 fully saturated rings. The van der Waals surface area contributed by atoms with Crippen LogP contribution in [0.2, 0.25) is 0 Å². The Bertz CT molecular complexity index is 481. The van der Waals surface area contributed by atoms with E-state index in [0.717, 1.165) is 0 Å². The maximum absolute atomic E-state index is 11.8. The average molecular weight is 279 g/mol. The molecular weight excluding hydrogens is 262 g/mol. The lowest BCUT2D eigenvalue weighted by Gasteiger charge is -2.05. The molecule has 1 amide bonds. The van der Waals surface area contributed by atoms with E-state index < -0.39 is 18.4 Å². The summed E-state index contributed by atoms with van der Waals surface area (Å²) in [6.07, 6.45) is 0.0127. The van der Waals surface area contributed by atoms with Crippen molar-refractivity contribution in [1.29, 1.82) is 0 Å². The maximum Gasteiger partial charge on any atom is 0.322 e. The summed E-state index contributed by atoms with van der Waals surface area (Å²) in [5, 5.41) is 10.6. The zero-order valence-corrected chi connectivity index (χ0v) is 11.2. The van der Waals surface area contributed by atoms with Crippen molar-refractivity contribution in [2.24, 2.45) is 0 Å². The number of Topliss-reactive ketones (excluding diaryl/α,β-unsaturated/α-hetero) is 1. The van der Waals surface area contributed by atoms with Crippen molar-refractivity contribution in [1.82, 2.24) is 5.32 Å². The van der Waals surface area contributed by atoms with Gasteiger partial charge in [0.1, 0.15) is 12.3 Å². The van der Waals surface area contributed by atoms with Gasteiger partial charge in [0, 0.05) is 18.4 Å². The van der Waals surface area contributed by atoms with E-state index in [-0.39, 0.29) is 18.6 Å². The monoisotopic (exact) mass is 279 g/mol. The lowest BCUT2D eigenvalue weighted by molar-refractivity contribution is -0.137. The van der Waals surface area contributed by atoms with Crippen LogP contribution in [0.1, 0.15) is 30.1 Å². The third-order valence-corrected chi connectivity index (χ3v) is 2.50. The van der Waals surface area contributed by atoms with Crippen LogP contribution in [0.5, 0.6) is 5.75 Å². The summed E-state index contributed by atoms with van der Waals surface area (Å²) in [5.41, 5.74) is 0.500. The topological polar surface area (TPSA) is 92.7 Å². The number of carboxylic acid groups (broad SMARTS) is 1. The van der Waals surface area contributed by atoms with E-state index in [9.17, 15) is 14.4 Å². The van der Waals surface area contributed by atoms with Crippen LogP contribution in [0.25, 0.3) is 0 Å². The first kappa shape index (κ1) is 15.7. The standard InChI is InChI=1S/C14H17NO5/c1-2-20-11-5-3-10(4-6-11)12(16)7-8-13(17)15-9-14(18)19/h3-6H,2,7-9H2,1H3,(H,15,17)(H,18,19). The van der Waals surface area contributed by atoms with Gasteiger partial charge in [0.15, 0.2) is 5.78 Å². The molecule has 1 aromatic rings. The number of nitrogens with one attached hydrogen (secondary N) is 1. The molecule has 20 heavy (non-hydrogen) atoms. The Kier molecular flexibility index (Phi) is 6.22. The highest BCUT2D eigenvalue weighted by molar-refractivity contribution is 5.98. The first-order valence-electron chi connectivity index (χ1n) is 6.27. The second kappa shape index (κ2) is 7.93. The summed E-state index contributed by atoms with van der Waals surface area (Å²) < 4.78 is 5.26. The van der Waals surface area contributed by atoms with Gasteiger partial charge in [-0.15, -0.1) is 0 Å². The highest BCUT2D eigenvalue weighted by Crippen LogP contribution is 2.13. The lowest BCUT2D eigenvalue weighted by atomic mass is 10.1. The zero-order chi connectivity index (χ0) is 15.0. The number of carbonyl (C=O) groups is 3. The van der Waals surface area contributed by atoms with Crippen LogP contribution in [-0.4, -0.2) is 35.9 Å². The molecule has 0 atom stereocenters. The predicted molar refractivity (Wildman–Crippen MR) is 71.8 cm³/mol. The molecule has 0 aromatic heterocycles. The summed E-state index contributed by atoms with van der Waals surface area (Å²) >= 11 is 0. The average Bonchev–Trinajstić information content (AvgIpc) is 2.43. The summed E-state index contributed by atoms with van der Waals surface area (Å²) in [5.74, 6) is -1.05. The normalized spacial score (nSPS) is 9.85. The van der Waals surface area contributed by atoms with Gasteiger partial charge in [-0.25, -0.2) is 0 Å². The first-order valence-corrected chi connectivity index (χ1v) is 6.27. The molecule has 108 valence electrons. The number of ketones is 1. The van der Waals surface area contributed by atoms with E-state index in [1.807, 2.05) is 6.92 Å². The zero-order valence-electron chi connectivity index (χ0n) is 11.2. The fourth-order valence-electron chi connectivity index (χ4n) is 1.54. The van der Waals surface area contributed by atoms with Gasteiger partial charge in [-0.2, -0.15) is 0 Å². The molecule has 0 heterocycles. The molecule has 0 spiro atoms. The molecule has 0 bridgehead atoms. The minimum atomic E-state index is -1.11. The van der Waals surface area contributed by atoms with E-state index in [2.05, 4.69) is 5.32 Å². The molecule has 0 saturated carbocycles. The molecule has 0 saturated heterocycles. The maximum atomic E-state index is 11.8. The van der Waals surface area contributed by atoms with Crippen LogP contribution < -0.4 is 10.1 Å². The number of amides is 1. The SMILES string of the molecule is CCOc1ccc(C(=O)CCC(=O)NCC(=O)O)cc1. The molecule has 0 unspecified atom stereocenters. The number of aliphatic carboxylic acids is 1. The van der Waals surface area contributed by atoms with Crippen LogP contribution >= 0.6 is 0 Å². The summed E-state index contributed by atoms with van der Waals surface area (Å²) in [6.45, 7) is 1.99. The Balaban J connectivity index is 2.42. The van der Waals surface area contributed by atoms with Crippen molar-refractivity contribution < 1.29 is 24.2 Å². The van der Waals surface area contributed by atoms with E-state index >= 15 is 0 Å². The molecule has 0 aliphatic heterocycles. The Hall–Kier alpha value is -2.37. The summed E-state index contributed by atoms with van der Waals surface area (Å²) in [7, 11) is 0. The van der Waals surface area contributed by atoms with Crippen LogP contribution in [0.3, 0.4) is 0 Å². The number of hydrogen-bond donors (Lipinski definition) is 2. The summed E-state index contributed by atoms with van der Waals surface area (Å²) in [4.78, 5) is 33.4. The number of carbonyl (C=O) groups excluding carboxylic acids is 2. The molecule has 1 aromatic carbocycles. The van der Waals surface area contributed by atoms with Gasteiger partial charge in [0.2, 0.25) is 5.91 Å². The lowest BCUT2D eigenvalue weighted by Crippen LogP contribution is -2.29. The Morgan fingerprint density at radius 2 is 1.80 bits per heavy atom. The van der Waals surface area contributed by atoms with Gasteiger partial charge in [-0.3, -0.25) is 14.4 Å². The smallest absolute Gasteiger partial charge is 0.322 e. The molecule has 0 aliphatic carbocycles. The van der Waals surface area contributed by atoms with E-state index in [1.54, 1.807) is 24.3 Å². The third kappa shape index (κ3) is 5.51. The second-order valence-corrected chi connectivity index (χ2v) is 4.05. The van der Waals surface area contributed by atoms with Crippen LogP contribution in [-0.2, 0) is 9.59 Å². The van der Waals surface area contributed by atoms with Crippen molar-refractivity contribution >= 4 is 17.7 Å². The van der Waals surface area contributed by atoms with E-state index in [4.69, 9.17) is 9.84 Å². The Morgan fingerprint density at radius 3 is 2.35 bits per heavy atom. The van der Waals surface area contributed by atoms with Crippen molar-refractivity contribution in [3.8, 4) is 5.75 Å². The highest BCUT2D eigenvalue weighted by Gasteiger charge is 2.10. The third-order valence-electron chi connectivity index (χ3n) is 2.50. The summed E-state index contributed by atoms with van der Waals surface area (Å²) in [6, 6.07) is 6.67. The minimum Gasteiger partial charge on any atom is -0.494 e. The molecular formula is C14H17NO5. The Morgan fingerprint density at radius 1 is 1.15 bits per heavy atom. The molecule has 0 radical (unpaired) electrons. The van der Waals surface area contributed by atoms with Gasteiger partial charge in [-0.1, -0.05) is 0 Å². The highest BCUT2D eigenvalue weighted by atomic mass is 16.5. The number of benzene rings is 1. The van der Waals surface area contributed by atoms with E-state index in [0.29, 0.717) is 17.9 Å².